The van der Waals surface area contributed by atoms with Gasteiger partial charge in [0, 0.05) is 18.7 Å². The topological polar surface area (TPSA) is 51.7 Å². The summed E-state index contributed by atoms with van der Waals surface area (Å²) in [6.07, 6.45) is 6.41. The van der Waals surface area contributed by atoms with Crippen LogP contribution < -0.4 is 21.5 Å². The van der Waals surface area contributed by atoms with Crippen molar-refractivity contribution in [3.63, 3.8) is 0 Å². The zero-order valence-electron chi connectivity index (χ0n) is 17.7. The number of nitrogens with zero attached hydrogens (tertiary/aromatic N) is 4. The molecular weight excluding hydrogens is 496 g/mol. The minimum atomic E-state index is 0. The summed E-state index contributed by atoms with van der Waals surface area (Å²) in [7, 11) is 0. The number of halogens is 1. The molecule has 5 rings (SSSR count). The second-order valence-electron chi connectivity index (χ2n) is 7.45. The summed E-state index contributed by atoms with van der Waals surface area (Å²) in [5, 5.41) is 6.79. The molecule has 0 N–H and O–H groups in total. The molecule has 0 saturated carbocycles. The first-order chi connectivity index (χ1) is 15.8. The molecule has 33 heavy (non-hydrogen) atoms. The Hall–Kier alpha value is -3.42. The highest BCUT2D eigenvalue weighted by molar-refractivity contribution is 7.12. The summed E-state index contributed by atoms with van der Waals surface area (Å²) in [6.45, 7) is 0.295. The Morgan fingerprint density at radius 2 is 1.82 bits per heavy atom. The molecule has 4 aromatic heterocycles. The molecule has 1 aromatic carbocycles. The zero-order valence-corrected chi connectivity index (χ0v) is 20.1. The van der Waals surface area contributed by atoms with Crippen molar-refractivity contribution in [1.82, 2.24) is 14.8 Å². The molecule has 0 unspecified atom stereocenters. The average Bonchev–Trinajstić information content (AvgIpc) is 3.51. The van der Waals surface area contributed by atoms with E-state index in [9.17, 15) is 4.79 Å². The number of aromatic nitrogens is 4. The van der Waals surface area contributed by atoms with Gasteiger partial charge in [-0.1, -0.05) is 42.5 Å². The third-order valence-corrected chi connectivity index (χ3v) is 6.04. The molecule has 5 nitrogen and oxygen atoms in total. The van der Waals surface area contributed by atoms with Crippen molar-refractivity contribution >= 4 is 17.1 Å². The van der Waals surface area contributed by atoms with Gasteiger partial charge in [0.1, 0.15) is 0 Å². The normalized spacial score (nSPS) is 10.5. The molecule has 0 radical (unpaired) electrons. The van der Waals surface area contributed by atoms with Crippen LogP contribution in [0.3, 0.4) is 0 Å². The van der Waals surface area contributed by atoms with Gasteiger partial charge in [-0.2, -0.15) is 9.67 Å². The van der Waals surface area contributed by atoms with Crippen LogP contribution in [0.5, 0.6) is 0 Å². The van der Waals surface area contributed by atoms with Crippen LogP contribution in [0.25, 0.3) is 17.1 Å². The smallest absolute Gasteiger partial charge is 0.237 e. The van der Waals surface area contributed by atoms with E-state index in [0.29, 0.717) is 6.54 Å². The van der Waals surface area contributed by atoms with E-state index in [1.807, 2.05) is 87.7 Å². The Morgan fingerprint density at radius 1 is 0.970 bits per heavy atom. The van der Waals surface area contributed by atoms with E-state index in [1.165, 1.54) is 16.9 Å². The molecule has 7 heteroatoms. The molecule has 164 valence electrons. The van der Waals surface area contributed by atoms with Crippen molar-refractivity contribution in [1.29, 1.82) is 0 Å². The largest absolute Gasteiger partial charge is 1.00 e. The zero-order chi connectivity index (χ0) is 21.8. The van der Waals surface area contributed by atoms with Crippen molar-refractivity contribution in [2.45, 2.75) is 13.0 Å². The minimum absolute atomic E-state index is 0. The molecule has 0 atom stereocenters. The molecule has 5 aromatic rings. The number of carbonyl (C=O) groups is 1. The number of carbonyl (C=O) groups excluding carboxylic acids is 1. The average molecular weight is 517 g/mol. The fourth-order valence-corrected chi connectivity index (χ4v) is 4.29. The first-order valence-corrected chi connectivity index (χ1v) is 11.2. The summed E-state index contributed by atoms with van der Waals surface area (Å²) in [6, 6.07) is 26.0. The van der Waals surface area contributed by atoms with E-state index in [4.69, 9.17) is 5.10 Å². The number of thiophene rings is 1. The fraction of sp³-hybridized carbons (Fsp3) is 0.0769. The molecule has 0 amide bonds. The molecule has 4 heterocycles. The molecule has 0 saturated heterocycles. The molecule has 0 spiro atoms. The van der Waals surface area contributed by atoms with Gasteiger partial charge in [-0.25, -0.2) is 9.67 Å². The number of hydrogen-bond acceptors (Lipinski definition) is 4. The highest BCUT2D eigenvalue weighted by Gasteiger charge is 2.18. The predicted octanol–water partition coefficient (Wildman–Crippen LogP) is 1.76. The van der Waals surface area contributed by atoms with E-state index in [1.54, 1.807) is 6.20 Å². The summed E-state index contributed by atoms with van der Waals surface area (Å²) in [5.74, 6) is 0.858. The molecule has 0 bridgehead atoms. The maximum atomic E-state index is 12.6. The summed E-state index contributed by atoms with van der Waals surface area (Å²) in [4.78, 5) is 17.9. The third-order valence-electron chi connectivity index (χ3n) is 5.13. The van der Waals surface area contributed by atoms with E-state index in [-0.39, 0.29) is 22.8 Å². The Morgan fingerprint density at radius 3 is 2.58 bits per heavy atom. The van der Waals surface area contributed by atoms with Crippen molar-refractivity contribution in [2.24, 2.45) is 0 Å². The standard InChI is InChI=1S/C26H21N4OS.BrH/c31-24(25-11-7-15-32-25)19-29-14-6-10-21(18-29)23-17-22(16-20-8-2-1-3-9-20)28-30(23)26-12-4-5-13-27-26;/h1-15,17-18H,16,19H2;1H/q+1;/p-1. The van der Waals surface area contributed by atoms with Crippen molar-refractivity contribution in [3.8, 4) is 17.1 Å². The highest BCUT2D eigenvalue weighted by atomic mass is 79.9. The van der Waals surface area contributed by atoms with Gasteiger partial charge in [0.15, 0.2) is 18.2 Å². The number of ketones is 1. The lowest BCUT2D eigenvalue weighted by Gasteiger charge is -2.06. The monoisotopic (exact) mass is 516 g/mol. The second kappa shape index (κ2) is 10.5. The molecular formula is C26H21BrN4OS. The van der Waals surface area contributed by atoms with E-state index >= 15 is 0 Å². The van der Waals surface area contributed by atoms with Crippen LogP contribution in [0.15, 0.2) is 103 Å². The van der Waals surface area contributed by atoms with Gasteiger partial charge in [0.25, 0.3) is 0 Å². The summed E-state index contributed by atoms with van der Waals surface area (Å²) < 4.78 is 3.79. The fourth-order valence-electron chi connectivity index (χ4n) is 3.63. The molecule has 0 aliphatic heterocycles. The van der Waals surface area contributed by atoms with Crippen LogP contribution in [0.2, 0.25) is 0 Å². The van der Waals surface area contributed by atoms with Crippen LogP contribution >= 0.6 is 11.3 Å². The van der Waals surface area contributed by atoms with Crippen molar-refractivity contribution in [2.75, 3.05) is 0 Å². The van der Waals surface area contributed by atoms with Gasteiger partial charge in [0.05, 0.1) is 21.8 Å². The number of Topliss-reactive ketones (excluding diaryl/α,β-unsaturated/α-hetero) is 1. The molecule has 0 fully saturated rings. The van der Waals surface area contributed by atoms with Gasteiger partial charge in [0.2, 0.25) is 12.3 Å². The van der Waals surface area contributed by atoms with Gasteiger partial charge >= 0.3 is 0 Å². The summed E-state index contributed by atoms with van der Waals surface area (Å²) in [5.41, 5.74) is 4.08. The number of rotatable bonds is 7. The Balaban J connectivity index is 0.00000259. The lowest BCUT2D eigenvalue weighted by Crippen LogP contribution is -3.00. The Bertz CT molecular complexity index is 1340. The number of benzene rings is 1. The van der Waals surface area contributed by atoms with Crippen LogP contribution in [0.4, 0.5) is 0 Å². The maximum absolute atomic E-state index is 12.6. The lowest BCUT2D eigenvalue weighted by atomic mass is 10.1. The van der Waals surface area contributed by atoms with Crippen LogP contribution in [-0.2, 0) is 13.0 Å². The number of hydrogen-bond donors (Lipinski definition) is 0. The maximum Gasteiger partial charge on any atom is 0.237 e. The van der Waals surface area contributed by atoms with Crippen molar-refractivity contribution < 1.29 is 26.3 Å². The number of pyridine rings is 2. The Kier molecular flexibility index (Phi) is 7.22. The second-order valence-corrected chi connectivity index (χ2v) is 8.40. The quantitative estimate of drug-likeness (QED) is 0.244. The van der Waals surface area contributed by atoms with E-state index < -0.39 is 0 Å². The van der Waals surface area contributed by atoms with E-state index in [0.717, 1.165) is 34.1 Å². The van der Waals surface area contributed by atoms with Gasteiger partial charge in [-0.3, -0.25) is 4.79 Å². The van der Waals surface area contributed by atoms with Gasteiger partial charge in [-0.15, -0.1) is 11.3 Å². The highest BCUT2D eigenvalue weighted by Crippen LogP contribution is 2.23. The van der Waals surface area contributed by atoms with Crippen LogP contribution in [0, 0.1) is 0 Å². The summed E-state index contributed by atoms with van der Waals surface area (Å²) >= 11 is 1.47. The minimum Gasteiger partial charge on any atom is -1.00 e. The Labute approximate surface area is 206 Å². The van der Waals surface area contributed by atoms with Gasteiger partial charge < -0.3 is 17.0 Å². The lowest BCUT2D eigenvalue weighted by molar-refractivity contribution is -0.682. The SMILES string of the molecule is O=C(C[n+]1cccc(-c2cc(Cc3ccccc3)nn2-c2ccccn2)c1)c1cccs1.[Br-]. The third kappa shape index (κ3) is 5.32. The van der Waals surface area contributed by atoms with Crippen LogP contribution in [0.1, 0.15) is 20.9 Å². The predicted molar refractivity (Wildman–Crippen MR) is 125 cm³/mol. The van der Waals surface area contributed by atoms with Gasteiger partial charge in [-0.05, 0) is 41.3 Å². The first-order valence-electron chi connectivity index (χ1n) is 10.4. The van der Waals surface area contributed by atoms with Crippen molar-refractivity contribution in [3.05, 3.63) is 119 Å². The van der Waals surface area contributed by atoms with Crippen LogP contribution in [-0.4, -0.2) is 20.5 Å². The molecule has 0 aliphatic carbocycles. The van der Waals surface area contributed by atoms with E-state index in [2.05, 4.69) is 23.2 Å². The first kappa shape index (κ1) is 22.8. The molecule has 0 aliphatic rings.